The van der Waals surface area contributed by atoms with Gasteiger partial charge in [-0.05, 0) is 47.7 Å². The third kappa shape index (κ3) is 5.10. The van der Waals surface area contributed by atoms with Crippen molar-refractivity contribution in [2.75, 3.05) is 26.2 Å². The molecule has 1 aliphatic carbocycles. The fourth-order valence-electron chi connectivity index (χ4n) is 4.58. The van der Waals surface area contributed by atoms with Crippen molar-refractivity contribution in [2.45, 2.75) is 43.9 Å². The van der Waals surface area contributed by atoms with Crippen molar-refractivity contribution in [3.63, 3.8) is 0 Å². The number of aryl methyl sites for hydroxylation is 1. The zero-order valence-electron chi connectivity index (χ0n) is 17.3. The van der Waals surface area contributed by atoms with Crippen molar-refractivity contribution in [3.8, 4) is 0 Å². The maximum atomic E-state index is 13.2. The monoisotopic (exact) mass is 458 g/mol. The average Bonchev–Trinajstić information content (AvgIpc) is 2.76. The summed E-state index contributed by atoms with van der Waals surface area (Å²) in [6, 6.07) is 9.54. The van der Waals surface area contributed by atoms with Crippen LogP contribution in [0.3, 0.4) is 0 Å². The Hall–Kier alpha value is -2.10. The number of nitrogens with one attached hydrogen (secondary N) is 1. The lowest BCUT2D eigenvalue weighted by molar-refractivity contribution is -0.143. The van der Waals surface area contributed by atoms with E-state index < -0.39 is 23.5 Å². The first kappa shape index (κ1) is 23.1. The molecule has 2 atom stereocenters. The highest BCUT2D eigenvalue weighted by atomic mass is 19.4. The van der Waals surface area contributed by atoms with Gasteiger partial charge in [-0.2, -0.15) is 26.3 Å². The molecule has 0 bridgehead atoms. The maximum absolute atomic E-state index is 13.2. The predicted octanol–water partition coefficient (Wildman–Crippen LogP) is 5.20. The number of piperazine rings is 1. The third-order valence-electron chi connectivity index (χ3n) is 6.08. The second kappa shape index (κ2) is 9.03. The molecule has 0 saturated carbocycles. The highest BCUT2D eigenvalue weighted by Crippen LogP contribution is 2.39. The van der Waals surface area contributed by atoms with Crippen molar-refractivity contribution in [1.29, 1.82) is 0 Å². The van der Waals surface area contributed by atoms with Crippen LogP contribution in [0, 0.1) is 0 Å². The van der Waals surface area contributed by atoms with Crippen LogP contribution in [0.15, 0.2) is 42.5 Å². The van der Waals surface area contributed by atoms with E-state index in [1.165, 1.54) is 5.56 Å². The van der Waals surface area contributed by atoms with Crippen LogP contribution in [-0.4, -0.2) is 37.2 Å². The molecule has 0 aromatic heterocycles. The fraction of sp³-hybridized carbons (Fsp3) is 0.478. The molecular formula is C23H24F6N2O. The second-order valence-electron chi connectivity index (χ2n) is 8.23. The summed E-state index contributed by atoms with van der Waals surface area (Å²) < 4.78 is 85.1. The molecule has 0 spiro atoms. The van der Waals surface area contributed by atoms with E-state index in [0.717, 1.165) is 50.3 Å². The van der Waals surface area contributed by atoms with Gasteiger partial charge in [-0.15, -0.1) is 0 Å². The number of fused-ring (bicyclic) bond motifs is 1. The molecule has 2 unspecified atom stereocenters. The Bertz CT molecular complexity index is 905. The standard InChI is InChI=1S/C23H24F6N2O/c24-22(25,26)17-11-15(12-18(13-17)23(27,28)29)14-32-20-6-5-16-3-1-2-4-19(16)21(20)31-9-7-30-8-10-31/h1-4,11-13,20-21,30H,5-10,14H2. The van der Waals surface area contributed by atoms with Gasteiger partial charge < -0.3 is 10.1 Å². The molecule has 1 fully saturated rings. The van der Waals surface area contributed by atoms with Crippen LogP contribution in [-0.2, 0) is 30.1 Å². The summed E-state index contributed by atoms with van der Waals surface area (Å²) in [5.41, 5.74) is -0.456. The van der Waals surface area contributed by atoms with Gasteiger partial charge in [-0.3, -0.25) is 4.90 Å². The molecule has 174 valence electrons. The molecule has 1 saturated heterocycles. The molecule has 2 aromatic carbocycles. The van der Waals surface area contributed by atoms with Gasteiger partial charge >= 0.3 is 12.4 Å². The van der Waals surface area contributed by atoms with Gasteiger partial charge in [-0.25, -0.2) is 0 Å². The van der Waals surface area contributed by atoms with Crippen LogP contribution in [0.1, 0.15) is 40.3 Å². The summed E-state index contributed by atoms with van der Waals surface area (Å²) in [5, 5.41) is 3.30. The van der Waals surface area contributed by atoms with E-state index in [4.69, 9.17) is 4.74 Å². The number of hydrogen-bond donors (Lipinski definition) is 1. The molecule has 2 aliphatic rings. The molecule has 9 heteroatoms. The van der Waals surface area contributed by atoms with Gasteiger partial charge in [0.25, 0.3) is 0 Å². The lowest BCUT2D eigenvalue weighted by atomic mass is 9.84. The van der Waals surface area contributed by atoms with Crippen molar-refractivity contribution in [2.24, 2.45) is 0 Å². The van der Waals surface area contributed by atoms with Gasteiger partial charge in [0, 0.05) is 26.2 Å². The molecule has 1 aliphatic heterocycles. The van der Waals surface area contributed by atoms with E-state index in [-0.39, 0.29) is 30.4 Å². The second-order valence-corrected chi connectivity index (χ2v) is 8.23. The molecule has 0 radical (unpaired) electrons. The summed E-state index contributed by atoms with van der Waals surface area (Å²) in [4.78, 5) is 2.28. The summed E-state index contributed by atoms with van der Waals surface area (Å²) in [6.07, 6.45) is -8.67. The van der Waals surface area contributed by atoms with Crippen molar-refractivity contribution < 1.29 is 31.1 Å². The summed E-state index contributed by atoms with van der Waals surface area (Å²) in [6.45, 7) is 2.89. The number of nitrogens with zero attached hydrogens (tertiary/aromatic N) is 1. The molecule has 4 rings (SSSR count). The van der Waals surface area contributed by atoms with Gasteiger partial charge in [0.15, 0.2) is 0 Å². The SMILES string of the molecule is FC(F)(F)c1cc(COC2CCc3ccccc3C2N2CCNCC2)cc(C(F)(F)F)c1. The van der Waals surface area contributed by atoms with Crippen molar-refractivity contribution >= 4 is 0 Å². The van der Waals surface area contributed by atoms with E-state index in [1.807, 2.05) is 18.2 Å². The Balaban J connectivity index is 1.59. The van der Waals surface area contributed by atoms with Crippen LogP contribution in [0.5, 0.6) is 0 Å². The number of halogens is 6. The lowest BCUT2D eigenvalue weighted by Crippen LogP contribution is -2.49. The molecule has 2 aromatic rings. The topological polar surface area (TPSA) is 24.5 Å². The van der Waals surface area contributed by atoms with Gasteiger partial charge in [0.1, 0.15) is 0 Å². The van der Waals surface area contributed by atoms with Crippen LogP contribution < -0.4 is 5.32 Å². The minimum atomic E-state index is -4.87. The zero-order chi connectivity index (χ0) is 22.9. The first-order chi connectivity index (χ1) is 15.1. The van der Waals surface area contributed by atoms with Crippen LogP contribution in [0.25, 0.3) is 0 Å². The summed E-state index contributed by atoms with van der Waals surface area (Å²) in [7, 11) is 0. The van der Waals surface area contributed by atoms with Crippen molar-refractivity contribution in [3.05, 3.63) is 70.3 Å². The van der Waals surface area contributed by atoms with E-state index in [2.05, 4.69) is 16.3 Å². The number of benzene rings is 2. The molecule has 32 heavy (non-hydrogen) atoms. The number of hydrogen-bond acceptors (Lipinski definition) is 3. The number of alkyl halides is 6. The number of ether oxygens (including phenoxy) is 1. The van der Waals surface area contributed by atoms with Gasteiger partial charge in [0.05, 0.1) is 29.9 Å². The van der Waals surface area contributed by atoms with E-state index in [9.17, 15) is 26.3 Å². The van der Waals surface area contributed by atoms with Crippen LogP contribution >= 0.6 is 0 Å². The van der Waals surface area contributed by atoms with Crippen molar-refractivity contribution in [1.82, 2.24) is 10.2 Å². The van der Waals surface area contributed by atoms with E-state index in [0.29, 0.717) is 6.42 Å². The molecule has 0 amide bonds. The first-order valence-electron chi connectivity index (χ1n) is 10.6. The maximum Gasteiger partial charge on any atom is 0.416 e. The van der Waals surface area contributed by atoms with Gasteiger partial charge in [0.2, 0.25) is 0 Å². The minimum Gasteiger partial charge on any atom is -0.372 e. The molecule has 3 nitrogen and oxygen atoms in total. The largest absolute Gasteiger partial charge is 0.416 e. The summed E-state index contributed by atoms with van der Waals surface area (Å²) >= 11 is 0. The van der Waals surface area contributed by atoms with E-state index >= 15 is 0 Å². The van der Waals surface area contributed by atoms with Gasteiger partial charge in [-0.1, -0.05) is 24.3 Å². The summed E-state index contributed by atoms with van der Waals surface area (Å²) in [5.74, 6) is 0. The first-order valence-corrected chi connectivity index (χ1v) is 10.6. The predicted molar refractivity (Wildman–Crippen MR) is 107 cm³/mol. The normalized spacial score (nSPS) is 22.6. The smallest absolute Gasteiger partial charge is 0.372 e. The lowest BCUT2D eigenvalue weighted by Gasteiger charge is -2.42. The molecular weight excluding hydrogens is 434 g/mol. The van der Waals surface area contributed by atoms with Crippen LogP contribution in [0.2, 0.25) is 0 Å². The Morgan fingerprint density at radius 2 is 1.53 bits per heavy atom. The van der Waals surface area contributed by atoms with E-state index in [1.54, 1.807) is 0 Å². The fourth-order valence-corrected chi connectivity index (χ4v) is 4.58. The Labute approximate surface area is 182 Å². The average molecular weight is 458 g/mol. The Kier molecular flexibility index (Phi) is 6.51. The number of rotatable bonds is 4. The highest BCUT2D eigenvalue weighted by Gasteiger charge is 2.38. The molecule has 1 heterocycles. The minimum absolute atomic E-state index is 0.0880. The Morgan fingerprint density at radius 3 is 2.16 bits per heavy atom. The Morgan fingerprint density at radius 1 is 0.906 bits per heavy atom. The highest BCUT2D eigenvalue weighted by molar-refractivity contribution is 5.35. The zero-order valence-corrected chi connectivity index (χ0v) is 17.3. The van der Waals surface area contributed by atoms with Crippen LogP contribution in [0.4, 0.5) is 26.3 Å². The third-order valence-corrected chi connectivity index (χ3v) is 6.08. The quantitative estimate of drug-likeness (QED) is 0.638. The molecule has 1 N–H and O–H groups in total.